The molecule has 0 aromatic rings. The SMILES string of the molecule is CC[C@](C)(O)CC(N)=O. The largest absolute Gasteiger partial charge is 0.390 e. The molecule has 0 aromatic carbocycles. The summed E-state index contributed by atoms with van der Waals surface area (Å²) < 4.78 is 0. The van der Waals surface area contributed by atoms with Gasteiger partial charge in [0.25, 0.3) is 0 Å². The Hall–Kier alpha value is -0.570. The number of rotatable bonds is 3. The van der Waals surface area contributed by atoms with Gasteiger partial charge in [-0.2, -0.15) is 0 Å². The normalized spacial score (nSPS) is 16.8. The number of nitrogens with two attached hydrogens (primary N) is 1. The highest BCUT2D eigenvalue weighted by molar-refractivity contribution is 5.74. The summed E-state index contributed by atoms with van der Waals surface area (Å²) in [6.07, 6.45) is 0.597. The van der Waals surface area contributed by atoms with Gasteiger partial charge in [0.15, 0.2) is 0 Å². The van der Waals surface area contributed by atoms with Gasteiger partial charge in [0.1, 0.15) is 0 Å². The van der Waals surface area contributed by atoms with E-state index in [2.05, 4.69) is 0 Å². The van der Waals surface area contributed by atoms with Crippen molar-refractivity contribution in [3.8, 4) is 0 Å². The molecule has 0 saturated heterocycles. The second kappa shape index (κ2) is 2.82. The van der Waals surface area contributed by atoms with E-state index in [1.54, 1.807) is 6.92 Å². The van der Waals surface area contributed by atoms with Crippen molar-refractivity contribution in [2.45, 2.75) is 32.3 Å². The van der Waals surface area contributed by atoms with Gasteiger partial charge < -0.3 is 10.8 Å². The molecule has 0 rings (SSSR count). The van der Waals surface area contributed by atoms with Crippen LogP contribution in [0.1, 0.15) is 26.7 Å². The predicted octanol–water partition coefficient (Wildman–Crippen LogP) is 0.0228. The monoisotopic (exact) mass is 131 g/mol. The summed E-state index contributed by atoms with van der Waals surface area (Å²) in [7, 11) is 0. The molecular formula is C6H13NO2. The predicted molar refractivity (Wildman–Crippen MR) is 34.7 cm³/mol. The zero-order valence-electron chi connectivity index (χ0n) is 5.85. The van der Waals surface area contributed by atoms with Crippen molar-refractivity contribution >= 4 is 5.91 Å². The maximum Gasteiger partial charge on any atom is 0.220 e. The van der Waals surface area contributed by atoms with Crippen LogP contribution < -0.4 is 5.73 Å². The van der Waals surface area contributed by atoms with Crippen LogP contribution >= 0.6 is 0 Å². The van der Waals surface area contributed by atoms with Gasteiger partial charge in [-0.05, 0) is 13.3 Å². The first-order valence-electron chi connectivity index (χ1n) is 2.98. The molecular weight excluding hydrogens is 118 g/mol. The molecule has 0 aromatic heterocycles. The first-order valence-corrected chi connectivity index (χ1v) is 2.98. The van der Waals surface area contributed by atoms with Crippen LogP contribution in [0.2, 0.25) is 0 Å². The lowest BCUT2D eigenvalue weighted by Gasteiger charge is -2.18. The Balaban J connectivity index is 3.71. The molecule has 0 aliphatic heterocycles. The van der Waals surface area contributed by atoms with Crippen LogP contribution in [0.5, 0.6) is 0 Å². The van der Waals surface area contributed by atoms with E-state index in [1.807, 2.05) is 6.92 Å². The lowest BCUT2D eigenvalue weighted by Crippen LogP contribution is -2.30. The van der Waals surface area contributed by atoms with E-state index < -0.39 is 11.5 Å². The number of primary amides is 1. The first-order chi connectivity index (χ1) is 3.98. The lowest BCUT2D eigenvalue weighted by atomic mass is 9.99. The Morgan fingerprint density at radius 2 is 2.22 bits per heavy atom. The van der Waals surface area contributed by atoms with E-state index in [0.717, 1.165) is 0 Å². The maximum atomic E-state index is 10.2. The molecule has 0 unspecified atom stereocenters. The molecule has 3 heteroatoms. The van der Waals surface area contributed by atoms with Gasteiger partial charge in [-0.3, -0.25) is 4.79 Å². The minimum Gasteiger partial charge on any atom is -0.390 e. The summed E-state index contributed by atoms with van der Waals surface area (Å²) in [5.41, 5.74) is 3.94. The molecule has 0 heterocycles. The van der Waals surface area contributed by atoms with E-state index in [4.69, 9.17) is 5.73 Å². The van der Waals surface area contributed by atoms with Crippen molar-refractivity contribution in [2.24, 2.45) is 5.73 Å². The fourth-order valence-corrected chi connectivity index (χ4v) is 0.500. The topological polar surface area (TPSA) is 63.3 Å². The lowest BCUT2D eigenvalue weighted by molar-refractivity contribution is -0.122. The number of carbonyl (C=O) groups excluding carboxylic acids is 1. The van der Waals surface area contributed by atoms with E-state index in [-0.39, 0.29) is 6.42 Å². The molecule has 0 aliphatic carbocycles. The molecule has 0 bridgehead atoms. The standard InChI is InChI=1S/C6H13NO2/c1-3-6(2,9)4-5(7)8/h9H,3-4H2,1-2H3,(H2,7,8)/t6-/m0/s1. The first kappa shape index (κ1) is 8.43. The van der Waals surface area contributed by atoms with Gasteiger partial charge >= 0.3 is 0 Å². The van der Waals surface area contributed by atoms with Crippen LogP contribution in [0, 0.1) is 0 Å². The van der Waals surface area contributed by atoms with Crippen molar-refractivity contribution in [1.29, 1.82) is 0 Å². The summed E-state index contributed by atoms with van der Waals surface area (Å²) >= 11 is 0. The summed E-state index contributed by atoms with van der Waals surface area (Å²) in [5, 5.41) is 9.19. The second-order valence-corrected chi connectivity index (χ2v) is 2.49. The molecule has 0 spiro atoms. The zero-order valence-corrected chi connectivity index (χ0v) is 5.85. The van der Waals surface area contributed by atoms with Crippen molar-refractivity contribution in [3.05, 3.63) is 0 Å². The van der Waals surface area contributed by atoms with Crippen LogP contribution in [0.4, 0.5) is 0 Å². The average Bonchev–Trinajstić information content (AvgIpc) is 1.63. The Morgan fingerprint density at radius 1 is 1.78 bits per heavy atom. The van der Waals surface area contributed by atoms with Gasteiger partial charge in [0.05, 0.1) is 12.0 Å². The quantitative estimate of drug-likeness (QED) is 0.567. The Morgan fingerprint density at radius 3 is 2.33 bits per heavy atom. The average molecular weight is 131 g/mol. The van der Waals surface area contributed by atoms with Gasteiger partial charge in [-0.15, -0.1) is 0 Å². The van der Waals surface area contributed by atoms with Crippen molar-refractivity contribution < 1.29 is 9.90 Å². The zero-order chi connectivity index (χ0) is 7.49. The smallest absolute Gasteiger partial charge is 0.220 e. The Labute approximate surface area is 54.9 Å². The van der Waals surface area contributed by atoms with Crippen LogP contribution in [-0.4, -0.2) is 16.6 Å². The molecule has 1 atom stereocenters. The molecule has 3 nitrogen and oxygen atoms in total. The summed E-state index contributed by atoms with van der Waals surface area (Å²) in [6, 6.07) is 0. The van der Waals surface area contributed by atoms with Crippen LogP contribution in [0.3, 0.4) is 0 Å². The van der Waals surface area contributed by atoms with Crippen LogP contribution in [-0.2, 0) is 4.79 Å². The summed E-state index contributed by atoms with van der Waals surface area (Å²) in [6.45, 7) is 3.40. The van der Waals surface area contributed by atoms with E-state index >= 15 is 0 Å². The molecule has 0 saturated carbocycles. The Bertz CT molecular complexity index is 110. The van der Waals surface area contributed by atoms with Gasteiger partial charge in [-0.25, -0.2) is 0 Å². The number of hydrogen-bond donors (Lipinski definition) is 2. The summed E-state index contributed by atoms with van der Waals surface area (Å²) in [4.78, 5) is 10.2. The van der Waals surface area contributed by atoms with Crippen LogP contribution in [0.15, 0.2) is 0 Å². The van der Waals surface area contributed by atoms with Gasteiger partial charge in [-0.1, -0.05) is 6.92 Å². The molecule has 54 valence electrons. The van der Waals surface area contributed by atoms with Crippen molar-refractivity contribution in [2.75, 3.05) is 0 Å². The highest BCUT2D eigenvalue weighted by atomic mass is 16.3. The molecule has 1 amide bonds. The van der Waals surface area contributed by atoms with Gasteiger partial charge in [0.2, 0.25) is 5.91 Å². The maximum absolute atomic E-state index is 10.2. The van der Waals surface area contributed by atoms with E-state index in [1.165, 1.54) is 0 Å². The molecule has 0 fully saturated rings. The van der Waals surface area contributed by atoms with Crippen LogP contribution in [0.25, 0.3) is 0 Å². The Kier molecular flexibility index (Phi) is 2.65. The fraction of sp³-hybridized carbons (Fsp3) is 0.833. The van der Waals surface area contributed by atoms with E-state index in [0.29, 0.717) is 6.42 Å². The molecule has 0 radical (unpaired) electrons. The number of carbonyl (C=O) groups is 1. The third-order valence-corrected chi connectivity index (χ3v) is 1.32. The third-order valence-electron chi connectivity index (χ3n) is 1.32. The highest BCUT2D eigenvalue weighted by Crippen LogP contribution is 2.11. The van der Waals surface area contributed by atoms with Crippen molar-refractivity contribution in [3.63, 3.8) is 0 Å². The van der Waals surface area contributed by atoms with Gasteiger partial charge in [0, 0.05) is 0 Å². The van der Waals surface area contributed by atoms with Crippen molar-refractivity contribution in [1.82, 2.24) is 0 Å². The highest BCUT2D eigenvalue weighted by Gasteiger charge is 2.19. The minimum absolute atomic E-state index is 0.0451. The fourth-order valence-electron chi connectivity index (χ4n) is 0.500. The molecule has 3 N–H and O–H groups in total. The molecule has 9 heavy (non-hydrogen) atoms. The number of hydrogen-bond acceptors (Lipinski definition) is 2. The minimum atomic E-state index is -0.911. The summed E-state index contributed by atoms with van der Waals surface area (Å²) in [5.74, 6) is -0.457. The number of aliphatic hydroxyl groups is 1. The van der Waals surface area contributed by atoms with E-state index in [9.17, 15) is 9.90 Å². The molecule has 0 aliphatic rings. The second-order valence-electron chi connectivity index (χ2n) is 2.49. The number of amides is 1. The third kappa shape index (κ3) is 3.97.